The van der Waals surface area contributed by atoms with Crippen LogP contribution in [0, 0.1) is 0 Å². The van der Waals surface area contributed by atoms with Gasteiger partial charge < -0.3 is 0 Å². The van der Waals surface area contributed by atoms with Gasteiger partial charge in [0.1, 0.15) is 0 Å². The lowest BCUT2D eigenvalue weighted by Crippen LogP contribution is -2.15. The van der Waals surface area contributed by atoms with Gasteiger partial charge in [0.15, 0.2) is 7.38 Å². The number of hydrogen-bond donors (Lipinski definition) is 0. The summed E-state index contributed by atoms with van der Waals surface area (Å²) in [4.78, 5) is 0. The zero-order valence-electron chi connectivity index (χ0n) is 5.38. The molecule has 0 nitrogen and oxygen atoms in total. The number of rotatable bonds is 3. The lowest BCUT2D eigenvalue weighted by molar-refractivity contribution is 1.09. The second-order valence-electron chi connectivity index (χ2n) is 2.51. The molecule has 3 heteroatoms. The second kappa shape index (κ2) is 4.12. The zero-order valence-corrected chi connectivity index (χ0v) is 9.29. The number of alkyl halides is 1. The van der Waals surface area contributed by atoms with Crippen molar-refractivity contribution >= 4 is 41.1 Å². The van der Waals surface area contributed by atoms with Crippen LogP contribution in [0.2, 0.25) is 19.1 Å². The van der Waals surface area contributed by atoms with E-state index in [1.165, 1.54) is 16.9 Å². The Hall–Kier alpha value is 1.24. The first-order chi connectivity index (χ1) is 3.56. The summed E-state index contributed by atoms with van der Waals surface area (Å²) in [5, 5.41) is 0. The van der Waals surface area contributed by atoms with Crippen molar-refractivity contribution in [2.75, 3.05) is 4.43 Å². The average molecular weight is 263 g/mol. The Morgan fingerprint density at radius 2 is 2.00 bits per heavy atom. The summed E-state index contributed by atoms with van der Waals surface area (Å²) in [5.41, 5.74) is 0. The number of halogens is 2. The van der Waals surface area contributed by atoms with Crippen molar-refractivity contribution in [2.45, 2.75) is 25.6 Å². The Bertz CT molecular complexity index is 59.9. The van der Waals surface area contributed by atoms with Crippen molar-refractivity contribution in [1.82, 2.24) is 0 Å². The van der Waals surface area contributed by atoms with Gasteiger partial charge in [-0.25, -0.2) is 0 Å². The Morgan fingerprint density at radius 3 is 2.12 bits per heavy atom. The van der Waals surface area contributed by atoms with E-state index in [-0.39, 0.29) is 0 Å². The summed E-state index contributed by atoms with van der Waals surface area (Å²) < 4.78 is 1.25. The van der Waals surface area contributed by atoms with Gasteiger partial charge >= 0.3 is 0 Å². The van der Waals surface area contributed by atoms with Gasteiger partial charge in [-0.15, -0.1) is 0 Å². The van der Waals surface area contributed by atoms with E-state index in [1.54, 1.807) is 0 Å². The summed E-state index contributed by atoms with van der Waals surface area (Å²) in [6.07, 6.45) is 1.29. The Kier molecular flexibility index (Phi) is 4.75. The molecule has 0 fully saturated rings. The summed E-state index contributed by atoms with van der Waals surface area (Å²) >= 11 is 8.44. The molecule has 0 spiro atoms. The molecular weight excluding hydrogens is 250 g/mol. The molecule has 0 unspecified atom stereocenters. The Morgan fingerprint density at radius 1 is 1.50 bits per heavy atom. The van der Waals surface area contributed by atoms with E-state index in [0.29, 0.717) is 0 Å². The molecule has 0 atom stereocenters. The minimum atomic E-state index is -1.21. The van der Waals surface area contributed by atoms with Gasteiger partial charge in [-0.05, 0) is 16.9 Å². The van der Waals surface area contributed by atoms with E-state index < -0.39 is 7.38 Å². The maximum absolute atomic E-state index is 6.05. The van der Waals surface area contributed by atoms with Crippen LogP contribution < -0.4 is 0 Å². The minimum absolute atomic E-state index is 1.21. The van der Waals surface area contributed by atoms with Crippen molar-refractivity contribution < 1.29 is 0 Å². The van der Waals surface area contributed by atoms with E-state index >= 15 is 0 Å². The van der Waals surface area contributed by atoms with Crippen LogP contribution in [0.15, 0.2) is 0 Å². The van der Waals surface area contributed by atoms with Crippen molar-refractivity contribution in [3.8, 4) is 0 Å². The maximum Gasteiger partial charge on any atom is 0.150 e. The lowest BCUT2D eigenvalue weighted by atomic mass is 10.6. The molecule has 0 aromatic rings. The third-order valence-electron chi connectivity index (χ3n) is 0.905. The average Bonchev–Trinajstić information content (AvgIpc) is 1.59. The van der Waals surface area contributed by atoms with Gasteiger partial charge in [0.2, 0.25) is 0 Å². The predicted octanol–water partition coefficient (Wildman–Crippen LogP) is 3.26. The highest BCUT2D eigenvalue weighted by Crippen LogP contribution is 2.16. The zero-order chi connectivity index (χ0) is 6.62. The molecule has 0 aromatic carbocycles. The Labute approximate surface area is 70.9 Å². The van der Waals surface area contributed by atoms with Crippen LogP contribution in [0.3, 0.4) is 0 Å². The lowest BCUT2D eigenvalue weighted by Gasteiger charge is -2.09. The molecule has 0 aliphatic carbocycles. The molecule has 50 valence electrons. The molecule has 0 rings (SSSR count). The highest BCUT2D eigenvalue weighted by molar-refractivity contribution is 14.1. The third-order valence-corrected chi connectivity index (χ3v) is 3.78. The van der Waals surface area contributed by atoms with Gasteiger partial charge in [0.05, 0.1) is 0 Å². The fourth-order valence-corrected chi connectivity index (χ4v) is 3.01. The summed E-state index contributed by atoms with van der Waals surface area (Å²) in [6.45, 7) is 4.39. The van der Waals surface area contributed by atoms with E-state index in [9.17, 15) is 0 Å². The molecule has 0 saturated heterocycles. The molecule has 0 bridgehead atoms. The first-order valence-electron chi connectivity index (χ1n) is 2.81. The van der Waals surface area contributed by atoms with Crippen LogP contribution in [-0.4, -0.2) is 11.8 Å². The van der Waals surface area contributed by atoms with Gasteiger partial charge in [-0.1, -0.05) is 35.7 Å². The molecule has 0 N–H and O–H groups in total. The second-order valence-corrected chi connectivity index (χ2v) is 10.6. The van der Waals surface area contributed by atoms with Crippen LogP contribution in [-0.2, 0) is 0 Å². The van der Waals surface area contributed by atoms with Crippen molar-refractivity contribution in [3.05, 3.63) is 0 Å². The largest absolute Gasteiger partial charge is 0.168 e. The number of hydrogen-bond acceptors (Lipinski definition) is 0. The monoisotopic (exact) mass is 262 g/mol. The molecule has 0 aliphatic heterocycles. The molecule has 0 saturated carbocycles. The standard InChI is InChI=1S/C5H12ClISi/c1-8(2,6)5-3-4-7/h3-5H2,1-2H3. The SMILES string of the molecule is C[Si](C)(Cl)CCCI. The minimum Gasteiger partial charge on any atom is -0.168 e. The fraction of sp³-hybridized carbons (Fsp3) is 1.00. The van der Waals surface area contributed by atoms with Crippen molar-refractivity contribution in [2.24, 2.45) is 0 Å². The summed E-state index contributed by atoms with van der Waals surface area (Å²) in [6, 6.07) is 1.26. The fourth-order valence-electron chi connectivity index (χ4n) is 0.487. The van der Waals surface area contributed by atoms with E-state index in [2.05, 4.69) is 35.7 Å². The molecular formula is C5H12ClISi. The van der Waals surface area contributed by atoms with Crippen LogP contribution in [0.1, 0.15) is 6.42 Å². The van der Waals surface area contributed by atoms with Crippen molar-refractivity contribution in [3.63, 3.8) is 0 Å². The van der Waals surface area contributed by atoms with Gasteiger partial charge in [-0.2, -0.15) is 11.1 Å². The van der Waals surface area contributed by atoms with Crippen LogP contribution in [0.25, 0.3) is 0 Å². The van der Waals surface area contributed by atoms with Gasteiger partial charge in [0, 0.05) is 0 Å². The van der Waals surface area contributed by atoms with Crippen molar-refractivity contribution in [1.29, 1.82) is 0 Å². The van der Waals surface area contributed by atoms with Crippen LogP contribution in [0.5, 0.6) is 0 Å². The third kappa shape index (κ3) is 7.24. The highest BCUT2D eigenvalue weighted by atomic mass is 127. The Balaban J connectivity index is 3.11. The van der Waals surface area contributed by atoms with E-state index in [1.807, 2.05) is 0 Å². The van der Waals surface area contributed by atoms with E-state index in [4.69, 9.17) is 11.1 Å². The summed E-state index contributed by atoms with van der Waals surface area (Å²) in [5.74, 6) is 0. The van der Waals surface area contributed by atoms with Crippen LogP contribution in [0.4, 0.5) is 0 Å². The highest BCUT2D eigenvalue weighted by Gasteiger charge is 2.14. The van der Waals surface area contributed by atoms with Gasteiger partial charge in [0.25, 0.3) is 0 Å². The first kappa shape index (κ1) is 9.24. The van der Waals surface area contributed by atoms with Crippen LogP contribution >= 0.6 is 33.7 Å². The van der Waals surface area contributed by atoms with E-state index in [0.717, 1.165) is 0 Å². The normalized spacial score (nSPS) is 12.0. The smallest absolute Gasteiger partial charge is 0.150 e. The molecule has 8 heavy (non-hydrogen) atoms. The molecule has 0 heterocycles. The molecule has 0 aliphatic rings. The topological polar surface area (TPSA) is 0 Å². The first-order valence-corrected chi connectivity index (χ1v) is 8.55. The van der Waals surface area contributed by atoms with Gasteiger partial charge in [-0.3, -0.25) is 0 Å². The maximum atomic E-state index is 6.05. The quantitative estimate of drug-likeness (QED) is 0.317. The molecule has 0 aromatic heterocycles. The summed E-state index contributed by atoms with van der Waals surface area (Å²) in [7, 11) is -1.21. The molecule has 0 radical (unpaired) electrons. The molecule has 0 amide bonds. The predicted molar refractivity (Wildman–Crippen MR) is 51.6 cm³/mol.